The molecule has 118 valence electrons. The number of hydrogen-bond donors (Lipinski definition) is 1. The minimum atomic E-state index is -3.59. The molecule has 7 heteroatoms. The molecular formula is C16H15N3O2S2. The Morgan fingerprint density at radius 1 is 1.09 bits per heavy atom. The zero-order valence-corrected chi connectivity index (χ0v) is 14.1. The Kier molecular flexibility index (Phi) is 4.51. The molecule has 2 heterocycles. The number of nitrogens with zero attached hydrogens (tertiary/aromatic N) is 2. The molecule has 0 saturated carbocycles. The molecule has 0 aliphatic rings. The van der Waals surface area contributed by atoms with Crippen LogP contribution < -0.4 is 4.72 Å². The van der Waals surface area contributed by atoms with Crippen LogP contribution in [-0.2, 0) is 16.6 Å². The first kappa shape index (κ1) is 15.8. The van der Waals surface area contributed by atoms with Crippen LogP contribution in [-0.4, -0.2) is 18.4 Å². The van der Waals surface area contributed by atoms with Gasteiger partial charge in [0, 0.05) is 29.4 Å². The lowest BCUT2D eigenvalue weighted by molar-refractivity contribution is 0.577. The quantitative estimate of drug-likeness (QED) is 0.771. The molecule has 5 nitrogen and oxygen atoms in total. The topological polar surface area (TPSA) is 72.0 Å². The Bertz CT molecular complexity index is 889. The fourth-order valence-electron chi connectivity index (χ4n) is 2.01. The molecule has 0 fully saturated rings. The van der Waals surface area contributed by atoms with Gasteiger partial charge in [-0.1, -0.05) is 30.3 Å². The first-order chi connectivity index (χ1) is 11.0. The average Bonchev–Trinajstić information content (AvgIpc) is 3.01. The van der Waals surface area contributed by atoms with Crippen LogP contribution in [0.4, 0.5) is 0 Å². The molecular weight excluding hydrogens is 330 g/mol. The van der Waals surface area contributed by atoms with Crippen LogP contribution in [0.5, 0.6) is 0 Å². The average molecular weight is 345 g/mol. The summed E-state index contributed by atoms with van der Waals surface area (Å²) in [6.45, 7) is 2.23. The standard InChI is InChI=1S/C16H15N3O2S2/c1-12-10-18-16(22-12)14-7-5-13(6-8-14)11-19-23(20,21)15-4-2-3-9-17-15/h2-10,19H,11H2,1H3. The number of thiazole rings is 1. The minimum absolute atomic E-state index is 0.0230. The van der Waals surface area contributed by atoms with E-state index >= 15 is 0 Å². The van der Waals surface area contributed by atoms with Gasteiger partial charge in [0.2, 0.25) is 0 Å². The van der Waals surface area contributed by atoms with Crippen LogP contribution in [0, 0.1) is 6.92 Å². The third kappa shape index (κ3) is 3.82. The number of aromatic nitrogens is 2. The van der Waals surface area contributed by atoms with Gasteiger partial charge in [0.1, 0.15) is 5.01 Å². The van der Waals surface area contributed by atoms with Crippen molar-refractivity contribution in [3.63, 3.8) is 0 Å². The zero-order valence-electron chi connectivity index (χ0n) is 12.4. The molecule has 1 N–H and O–H groups in total. The fourth-order valence-corrected chi connectivity index (χ4v) is 3.74. The second-order valence-corrected chi connectivity index (χ2v) is 7.91. The zero-order chi connectivity index (χ0) is 16.3. The summed E-state index contributed by atoms with van der Waals surface area (Å²) in [6.07, 6.45) is 3.30. The molecule has 1 aromatic carbocycles. The second-order valence-electron chi connectivity index (χ2n) is 4.97. The fraction of sp³-hybridized carbons (Fsp3) is 0.125. The van der Waals surface area contributed by atoms with Crippen molar-refractivity contribution in [3.8, 4) is 10.6 Å². The SMILES string of the molecule is Cc1cnc(-c2ccc(CNS(=O)(=O)c3ccccn3)cc2)s1. The number of aryl methyl sites for hydroxylation is 1. The van der Waals surface area contributed by atoms with Gasteiger partial charge in [-0.05, 0) is 24.6 Å². The summed E-state index contributed by atoms with van der Waals surface area (Å²) in [5.74, 6) is 0. The number of nitrogens with one attached hydrogen (secondary N) is 1. The Balaban J connectivity index is 1.69. The highest BCUT2D eigenvalue weighted by atomic mass is 32.2. The second kappa shape index (κ2) is 6.57. The summed E-state index contributed by atoms with van der Waals surface area (Å²) < 4.78 is 26.8. The summed E-state index contributed by atoms with van der Waals surface area (Å²) in [5.41, 5.74) is 1.90. The Morgan fingerprint density at radius 2 is 1.87 bits per heavy atom. The van der Waals surface area contributed by atoms with E-state index in [1.165, 1.54) is 12.3 Å². The normalized spacial score (nSPS) is 11.5. The largest absolute Gasteiger partial charge is 0.258 e. The highest BCUT2D eigenvalue weighted by Gasteiger charge is 2.14. The predicted molar refractivity (Wildman–Crippen MR) is 90.5 cm³/mol. The molecule has 0 amide bonds. The van der Waals surface area contributed by atoms with Gasteiger partial charge in [-0.25, -0.2) is 23.1 Å². The Labute approximate surface area is 139 Å². The monoisotopic (exact) mass is 345 g/mol. The van der Waals surface area contributed by atoms with Crippen LogP contribution in [0.3, 0.4) is 0 Å². The van der Waals surface area contributed by atoms with E-state index in [9.17, 15) is 8.42 Å². The van der Waals surface area contributed by atoms with Crippen molar-refractivity contribution in [3.05, 3.63) is 65.3 Å². The molecule has 0 radical (unpaired) electrons. The van der Waals surface area contributed by atoms with Crippen LogP contribution >= 0.6 is 11.3 Å². The smallest absolute Gasteiger partial charge is 0.244 e. The van der Waals surface area contributed by atoms with Crippen molar-refractivity contribution < 1.29 is 8.42 Å². The molecule has 3 rings (SSSR count). The van der Waals surface area contributed by atoms with Gasteiger partial charge >= 0.3 is 0 Å². The molecule has 0 aliphatic carbocycles. The van der Waals surface area contributed by atoms with Gasteiger partial charge in [0.05, 0.1) is 0 Å². The van der Waals surface area contributed by atoms with Gasteiger partial charge in [-0.2, -0.15) is 0 Å². The number of sulfonamides is 1. The first-order valence-electron chi connectivity index (χ1n) is 6.97. The molecule has 0 aliphatic heterocycles. The van der Waals surface area contributed by atoms with Gasteiger partial charge in [-0.3, -0.25) is 0 Å². The third-order valence-electron chi connectivity index (χ3n) is 3.20. The highest BCUT2D eigenvalue weighted by Crippen LogP contribution is 2.24. The van der Waals surface area contributed by atoms with Crippen LogP contribution in [0.2, 0.25) is 0 Å². The first-order valence-corrected chi connectivity index (χ1v) is 9.27. The highest BCUT2D eigenvalue weighted by molar-refractivity contribution is 7.89. The lowest BCUT2D eigenvalue weighted by Crippen LogP contribution is -2.24. The third-order valence-corrected chi connectivity index (χ3v) is 5.48. The Morgan fingerprint density at radius 3 is 2.48 bits per heavy atom. The van der Waals surface area contributed by atoms with E-state index in [-0.39, 0.29) is 11.6 Å². The Hall–Kier alpha value is -2.09. The summed E-state index contributed by atoms with van der Waals surface area (Å²) in [5, 5.41) is 0.984. The molecule has 0 unspecified atom stereocenters. The van der Waals surface area contributed by atoms with Gasteiger partial charge in [-0.15, -0.1) is 11.3 Å². The molecule has 0 bridgehead atoms. The van der Waals surface area contributed by atoms with Gasteiger partial charge < -0.3 is 0 Å². The van der Waals surface area contributed by atoms with E-state index < -0.39 is 10.0 Å². The predicted octanol–water partition coefficient (Wildman–Crippen LogP) is 2.99. The van der Waals surface area contributed by atoms with Crippen LogP contribution in [0.25, 0.3) is 10.6 Å². The molecule has 23 heavy (non-hydrogen) atoms. The maximum Gasteiger partial charge on any atom is 0.258 e. The van der Waals surface area contributed by atoms with Crippen molar-refractivity contribution in [2.24, 2.45) is 0 Å². The summed E-state index contributed by atoms with van der Waals surface area (Å²) >= 11 is 1.63. The lowest BCUT2D eigenvalue weighted by atomic mass is 10.1. The van der Waals surface area contributed by atoms with Crippen molar-refractivity contribution in [2.75, 3.05) is 0 Å². The number of benzene rings is 1. The lowest BCUT2D eigenvalue weighted by Gasteiger charge is -2.06. The number of pyridine rings is 1. The van der Waals surface area contributed by atoms with E-state index in [0.29, 0.717) is 0 Å². The number of hydrogen-bond acceptors (Lipinski definition) is 5. The maximum atomic E-state index is 12.1. The summed E-state index contributed by atoms with van der Waals surface area (Å²) in [4.78, 5) is 9.36. The van der Waals surface area contributed by atoms with E-state index in [1.54, 1.807) is 23.5 Å². The van der Waals surface area contributed by atoms with Crippen molar-refractivity contribution in [2.45, 2.75) is 18.5 Å². The summed E-state index contributed by atoms with van der Waals surface area (Å²) in [7, 11) is -3.59. The number of rotatable bonds is 5. The summed E-state index contributed by atoms with van der Waals surface area (Å²) in [6, 6.07) is 12.5. The van der Waals surface area contributed by atoms with Crippen LogP contribution in [0.1, 0.15) is 10.4 Å². The van der Waals surface area contributed by atoms with E-state index in [4.69, 9.17) is 0 Å². The minimum Gasteiger partial charge on any atom is -0.244 e. The van der Waals surface area contributed by atoms with Crippen molar-refractivity contribution in [1.29, 1.82) is 0 Å². The van der Waals surface area contributed by atoms with Gasteiger partial charge in [0.25, 0.3) is 10.0 Å². The molecule has 0 atom stereocenters. The van der Waals surface area contributed by atoms with E-state index in [2.05, 4.69) is 14.7 Å². The molecule has 0 spiro atoms. The molecule has 3 aromatic rings. The van der Waals surface area contributed by atoms with E-state index in [0.717, 1.165) is 21.0 Å². The van der Waals surface area contributed by atoms with Gasteiger partial charge in [0.15, 0.2) is 5.03 Å². The maximum absolute atomic E-state index is 12.1. The van der Waals surface area contributed by atoms with Crippen LogP contribution in [0.15, 0.2) is 59.9 Å². The molecule has 2 aromatic heterocycles. The van der Waals surface area contributed by atoms with Crippen molar-refractivity contribution in [1.82, 2.24) is 14.7 Å². The van der Waals surface area contributed by atoms with E-state index in [1.807, 2.05) is 37.4 Å². The van der Waals surface area contributed by atoms with Crippen molar-refractivity contribution >= 4 is 21.4 Å². The molecule has 0 saturated heterocycles.